The van der Waals surface area contributed by atoms with Gasteiger partial charge in [0, 0.05) is 13.1 Å². The summed E-state index contributed by atoms with van der Waals surface area (Å²) < 4.78 is 27.1. The Morgan fingerprint density at radius 2 is 1.84 bits per heavy atom. The standard InChI is InChI=1S/C14H19F2N3/c1-3-19(4-2)9-8-18-13(10-17)14-11(15)6-5-7-12(14)16/h5-7,13,18H,3-4,8-9H2,1-2H3. The second kappa shape index (κ2) is 7.82. The smallest absolute Gasteiger partial charge is 0.131 e. The third-order valence-electron chi connectivity index (χ3n) is 3.09. The molecule has 0 bridgehead atoms. The van der Waals surface area contributed by atoms with Crippen LogP contribution in [0.1, 0.15) is 25.5 Å². The molecule has 0 aromatic heterocycles. The minimum Gasteiger partial charge on any atom is -0.303 e. The van der Waals surface area contributed by atoms with Crippen molar-refractivity contribution in [2.45, 2.75) is 19.9 Å². The van der Waals surface area contributed by atoms with Gasteiger partial charge in [0.05, 0.1) is 11.6 Å². The van der Waals surface area contributed by atoms with Gasteiger partial charge < -0.3 is 4.90 Å². The van der Waals surface area contributed by atoms with Crippen molar-refractivity contribution in [2.24, 2.45) is 0 Å². The van der Waals surface area contributed by atoms with Gasteiger partial charge in [0.15, 0.2) is 0 Å². The van der Waals surface area contributed by atoms with E-state index in [4.69, 9.17) is 5.26 Å². The fourth-order valence-corrected chi connectivity index (χ4v) is 1.91. The highest BCUT2D eigenvalue weighted by Crippen LogP contribution is 2.19. The van der Waals surface area contributed by atoms with E-state index >= 15 is 0 Å². The van der Waals surface area contributed by atoms with Crippen molar-refractivity contribution in [3.63, 3.8) is 0 Å². The van der Waals surface area contributed by atoms with Gasteiger partial charge in [-0.25, -0.2) is 8.78 Å². The zero-order valence-electron chi connectivity index (χ0n) is 11.3. The summed E-state index contributed by atoms with van der Waals surface area (Å²) in [6.45, 7) is 7.14. The molecular formula is C14H19F2N3. The molecule has 0 saturated heterocycles. The van der Waals surface area contributed by atoms with E-state index in [9.17, 15) is 8.78 Å². The molecule has 19 heavy (non-hydrogen) atoms. The SMILES string of the molecule is CCN(CC)CCNC(C#N)c1c(F)cccc1F. The summed E-state index contributed by atoms with van der Waals surface area (Å²) in [6.07, 6.45) is 0. The summed E-state index contributed by atoms with van der Waals surface area (Å²) in [7, 11) is 0. The van der Waals surface area contributed by atoms with Crippen LogP contribution < -0.4 is 5.32 Å². The molecule has 0 amide bonds. The van der Waals surface area contributed by atoms with Crippen LogP contribution in [-0.2, 0) is 0 Å². The van der Waals surface area contributed by atoms with Crippen LogP contribution in [-0.4, -0.2) is 31.1 Å². The Morgan fingerprint density at radius 3 is 2.32 bits per heavy atom. The van der Waals surface area contributed by atoms with E-state index in [2.05, 4.69) is 10.2 Å². The quantitative estimate of drug-likeness (QED) is 0.825. The van der Waals surface area contributed by atoms with Crippen LogP contribution in [0.3, 0.4) is 0 Å². The second-order valence-electron chi connectivity index (χ2n) is 4.18. The van der Waals surface area contributed by atoms with Crippen molar-refractivity contribution in [2.75, 3.05) is 26.2 Å². The van der Waals surface area contributed by atoms with Crippen molar-refractivity contribution < 1.29 is 8.78 Å². The predicted octanol–water partition coefficient (Wildman–Crippen LogP) is 2.46. The van der Waals surface area contributed by atoms with Crippen molar-refractivity contribution in [3.8, 4) is 6.07 Å². The summed E-state index contributed by atoms with van der Waals surface area (Å²) in [6, 6.07) is 4.55. The lowest BCUT2D eigenvalue weighted by Crippen LogP contribution is -2.33. The lowest BCUT2D eigenvalue weighted by molar-refractivity contribution is 0.299. The zero-order chi connectivity index (χ0) is 14.3. The molecule has 0 saturated carbocycles. The summed E-state index contributed by atoms with van der Waals surface area (Å²) >= 11 is 0. The van der Waals surface area contributed by atoms with Crippen LogP contribution in [0.2, 0.25) is 0 Å². The average Bonchev–Trinajstić information content (AvgIpc) is 2.41. The molecule has 1 aromatic rings. The molecule has 104 valence electrons. The van der Waals surface area contributed by atoms with Crippen molar-refractivity contribution in [3.05, 3.63) is 35.4 Å². The highest BCUT2D eigenvalue weighted by molar-refractivity contribution is 5.27. The van der Waals surface area contributed by atoms with Crippen molar-refractivity contribution in [1.29, 1.82) is 5.26 Å². The Bertz CT molecular complexity index is 419. The third kappa shape index (κ3) is 4.27. The number of nitrogens with one attached hydrogen (secondary N) is 1. The van der Waals surface area contributed by atoms with E-state index in [0.717, 1.165) is 31.8 Å². The fourth-order valence-electron chi connectivity index (χ4n) is 1.91. The largest absolute Gasteiger partial charge is 0.303 e. The Hall–Kier alpha value is -1.51. The molecule has 0 aliphatic heterocycles. The topological polar surface area (TPSA) is 39.1 Å². The second-order valence-corrected chi connectivity index (χ2v) is 4.18. The first-order chi connectivity index (χ1) is 9.13. The van der Waals surface area contributed by atoms with Gasteiger partial charge in [0.25, 0.3) is 0 Å². The van der Waals surface area contributed by atoms with Crippen LogP contribution in [0, 0.1) is 23.0 Å². The molecule has 1 N–H and O–H groups in total. The van der Waals surface area contributed by atoms with Crippen molar-refractivity contribution >= 4 is 0 Å². The summed E-state index contributed by atoms with van der Waals surface area (Å²) in [5.74, 6) is -1.39. The third-order valence-corrected chi connectivity index (χ3v) is 3.09. The monoisotopic (exact) mass is 267 g/mol. The van der Waals surface area contributed by atoms with Gasteiger partial charge in [-0.3, -0.25) is 5.32 Å². The minimum absolute atomic E-state index is 0.204. The van der Waals surface area contributed by atoms with E-state index in [1.165, 1.54) is 6.07 Å². The number of hydrogen-bond acceptors (Lipinski definition) is 3. The van der Waals surface area contributed by atoms with E-state index in [-0.39, 0.29) is 5.56 Å². The summed E-state index contributed by atoms with van der Waals surface area (Å²) in [5, 5.41) is 11.9. The predicted molar refractivity (Wildman–Crippen MR) is 70.5 cm³/mol. The van der Waals surface area contributed by atoms with E-state index in [0.29, 0.717) is 6.54 Å². The van der Waals surface area contributed by atoms with Crippen LogP contribution in [0.25, 0.3) is 0 Å². The molecule has 1 aromatic carbocycles. The number of halogens is 2. The Labute approximate surface area is 112 Å². The van der Waals surface area contributed by atoms with Crippen LogP contribution in [0.15, 0.2) is 18.2 Å². The maximum Gasteiger partial charge on any atom is 0.131 e. The van der Waals surface area contributed by atoms with Crippen molar-refractivity contribution in [1.82, 2.24) is 10.2 Å². The molecule has 0 fully saturated rings. The normalized spacial score (nSPS) is 12.4. The zero-order valence-corrected chi connectivity index (χ0v) is 11.3. The number of likely N-dealkylation sites (N-methyl/N-ethyl adjacent to an activating group) is 1. The number of nitriles is 1. The summed E-state index contributed by atoms with van der Waals surface area (Å²) in [4.78, 5) is 2.17. The minimum atomic E-state index is -0.961. The van der Waals surface area contributed by atoms with Gasteiger partial charge in [-0.05, 0) is 25.2 Å². The van der Waals surface area contributed by atoms with E-state index < -0.39 is 17.7 Å². The molecule has 1 rings (SSSR count). The number of rotatable bonds is 7. The number of hydrogen-bond donors (Lipinski definition) is 1. The molecular weight excluding hydrogens is 248 g/mol. The molecule has 0 aliphatic carbocycles. The first-order valence-corrected chi connectivity index (χ1v) is 6.43. The Balaban J connectivity index is 2.67. The van der Waals surface area contributed by atoms with Crippen LogP contribution >= 0.6 is 0 Å². The number of benzene rings is 1. The maximum atomic E-state index is 13.6. The van der Waals surface area contributed by atoms with Gasteiger partial charge in [-0.1, -0.05) is 19.9 Å². The highest BCUT2D eigenvalue weighted by atomic mass is 19.1. The lowest BCUT2D eigenvalue weighted by atomic mass is 10.1. The lowest BCUT2D eigenvalue weighted by Gasteiger charge is -2.20. The van der Waals surface area contributed by atoms with Crippen LogP contribution in [0.4, 0.5) is 8.78 Å². The molecule has 0 spiro atoms. The highest BCUT2D eigenvalue weighted by Gasteiger charge is 2.19. The molecule has 1 unspecified atom stereocenters. The summed E-state index contributed by atoms with van der Waals surface area (Å²) in [5.41, 5.74) is -0.204. The van der Waals surface area contributed by atoms with Gasteiger partial charge in [0.1, 0.15) is 17.7 Å². The van der Waals surface area contributed by atoms with E-state index in [1.54, 1.807) is 0 Å². The van der Waals surface area contributed by atoms with Gasteiger partial charge >= 0.3 is 0 Å². The Morgan fingerprint density at radius 1 is 1.26 bits per heavy atom. The van der Waals surface area contributed by atoms with Crippen LogP contribution in [0.5, 0.6) is 0 Å². The fraction of sp³-hybridized carbons (Fsp3) is 0.500. The van der Waals surface area contributed by atoms with Gasteiger partial charge in [-0.2, -0.15) is 5.26 Å². The maximum absolute atomic E-state index is 13.6. The first kappa shape index (κ1) is 15.5. The Kier molecular flexibility index (Phi) is 6.40. The molecule has 0 aliphatic rings. The van der Waals surface area contributed by atoms with Gasteiger partial charge in [0.2, 0.25) is 0 Å². The molecule has 0 heterocycles. The molecule has 1 atom stereocenters. The number of nitrogens with zero attached hydrogens (tertiary/aromatic N) is 2. The average molecular weight is 267 g/mol. The van der Waals surface area contributed by atoms with Gasteiger partial charge in [-0.15, -0.1) is 0 Å². The first-order valence-electron chi connectivity index (χ1n) is 6.43. The molecule has 3 nitrogen and oxygen atoms in total. The van der Waals surface area contributed by atoms with E-state index in [1.807, 2.05) is 19.9 Å². The molecule has 5 heteroatoms. The molecule has 0 radical (unpaired) electrons.